The van der Waals surface area contributed by atoms with Gasteiger partial charge in [0, 0.05) is 10.9 Å². The predicted molar refractivity (Wildman–Crippen MR) is 119 cm³/mol. The summed E-state index contributed by atoms with van der Waals surface area (Å²) in [6.07, 6.45) is 0. The molecule has 0 atom stereocenters. The van der Waals surface area contributed by atoms with Crippen molar-refractivity contribution in [1.29, 1.82) is 0 Å². The summed E-state index contributed by atoms with van der Waals surface area (Å²) in [5.74, 6) is 0.0773. The largest absolute Gasteiger partial charge is 0.488 e. The first kappa shape index (κ1) is 19.9. The van der Waals surface area contributed by atoms with Crippen molar-refractivity contribution >= 4 is 17.3 Å². The van der Waals surface area contributed by atoms with Gasteiger partial charge in [-0.1, -0.05) is 72.3 Å². The van der Waals surface area contributed by atoms with Gasteiger partial charge in [-0.2, -0.15) is 0 Å². The standard InChI is InChI=1S/C25H21NO3S/c1-18-11-13-20(14-12-18)24-26-21(17-30-24)16-29-25(27)22-9-5-6-10-23(22)28-15-19-7-3-2-4-8-19/h2-14,17H,15-16H2,1H3. The van der Waals surface area contributed by atoms with Crippen LogP contribution in [0.25, 0.3) is 10.6 Å². The Bertz CT molecular complexity index is 1120. The number of benzene rings is 3. The molecule has 0 bridgehead atoms. The Labute approximate surface area is 179 Å². The first-order valence-corrected chi connectivity index (χ1v) is 10.5. The molecule has 0 amide bonds. The second-order valence-electron chi connectivity index (χ2n) is 6.86. The van der Waals surface area contributed by atoms with Gasteiger partial charge in [0.25, 0.3) is 0 Å². The molecule has 4 aromatic rings. The van der Waals surface area contributed by atoms with E-state index in [0.29, 0.717) is 17.9 Å². The van der Waals surface area contributed by atoms with Crippen molar-refractivity contribution in [1.82, 2.24) is 4.98 Å². The molecular weight excluding hydrogens is 394 g/mol. The molecule has 0 saturated heterocycles. The molecule has 0 N–H and O–H groups in total. The number of hydrogen-bond donors (Lipinski definition) is 0. The van der Waals surface area contributed by atoms with E-state index in [0.717, 1.165) is 21.8 Å². The Hall–Kier alpha value is -3.44. The zero-order valence-electron chi connectivity index (χ0n) is 16.6. The van der Waals surface area contributed by atoms with Crippen LogP contribution in [0.1, 0.15) is 27.2 Å². The van der Waals surface area contributed by atoms with Crippen molar-refractivity contribution in [2.24, 2.45) is 0 Å². The maximum absolute atomic E-state index is 12.6. The van der Waals surface area contributed by atoms with Gasteiger partial charge in [0.1, 0.15) is 29.5 Å². The van der Waals surface area contributed by atoms with Crippen LogP contribution in [-0.4, -0.2) is 11.0 Å². The minimum atomic E-state index is -0.427. The number of thiazole rings is 1. The molecule has 0 spiro atoms. The van der Waals surface area contributed by atoms with E-state index >= 15 is 0 Å². The van der Waals surface area contributed by atoms with Crippen molar-refractivity contribution < 1.29 is 14.3 Å². The number of nitrogens with zero attached hydrogens (tertiary/aromatic N) is 1. The summed E-state index contributed by atoms with van der Waals surface area (Å²) in [6, 6.07) is 25.2. The normalized spacial score (nSPS) is 10.6. The maximum Gasteiger partial charge on any atom is 0.342 e. The van der Waals surface area contributed by atoms with Crippen molar-refractivity contribution in [2.45, 2.75) is 20.1 Å². The molecule has 0 unspecified atom stereocenters. The van der Waals surface area contributed by atoms with Crippen molar-refractivity contribution in [3.05, 3.63) is 107 Å². The molecule has 150 valence electrons. The number of aryl methyl sites for hydroxylation is 1. The Balaban J connectivity index is 1.39. The van der Waals surface area contributed by atoms with E-state index in [1.54, 1.807) is 18.2 Å². The van der Waals surface area contributed by atoms with Gasteiger partial charge in [0.2, 0.25) is 0 Å². The SMILES string of the molecule is Cc1ccc(-c2nc(COC(=O)c3ccccc3OCc3ccccc3)cs2)cc1. The van der Waals surface area contributed by atoms with Crippen LogP contribution in [0.15, 0.2) is 84.2 Å². The monoisotopic (exact) mass is 415 g/mol. The van der Waals surface area contributed by atoms with E-state index in [9.17, 15) is 4.79 Å². The Kier molecular flexibility index (Phi) is 6.20. The van der Waals surface area contributed by atoms with E-state index in [-0.39, 0.29) is 6.61 Å². The molecule has 0 fully saturated rings. The molecule has 0 aliphatic heterocycles. The molecule has 30 heavy (non-hydrogen) atoms. The zero-order chi connectivity index (χ0) is 20.8. The molecule has 0 aliphatic carbocycles. The molecule has 1 heterocycles. The number of rotatable bonds is 7. The fourth-order valence-corrected chi connectivity index (χ4v) is 3.73. The lowest BCUT2D eigenvalue weighted by molar-refractivity contribution is 0.0463. The number of hydrogen-bond acceptors (Lipinski definition) is 5. The summed E-state index contributed by atoms with van der Waals surface area (Å²) in [4.78, 5) is 17.2. The minimum absolute atomic E-state index is 0.119. The predicted octanol–water partition coefficient (Wildman–Crippen LogP) is 6.05. The number of carbonyl (C=O) groups excluding carboxylic acids is 1. The smallest absolute Gasteiger partial charge is 0.342 e. The average Bonchev–Trinajstić information content (AvgIpc) is 3.26. The fraction of sp³-hybridized carbons (Fsp3) is 0.120. The Morgan fingerprint density at radius 3 is 2.43 bits per heavy atom. The van der Waals surface area contributed by atoms with E-state index < -0.39 is 5.97 Å². The molecule has 4 nitrogen and oxygen atoms in total. The van der Waals surface area contributed by atoms with Gasteiger partial charge in [0.05, 0.1) is 5.69 Å². The number of ether oxygens (including phenoxy) is 2. The summed E-state index contributed by atoms with van der Waals surface area (Å²) < 4.78 is 11.4. The summed E-state index contributed by atoms with van der Waals surface area (Å²) in [7, 11) is 0. The number of carbonyl (C=O) groups is 1. The lowest BCUT2D eigenvalue weighted by Crippen LogP contribution is -2.08. The van der Waals surface area contributed by atoms with Gasteiger partial charge in [-0.25, -0.2) is 9.78 Å². The van der Waals surface area contributed by atoms with Gasteiger partial charge < -0.3 is 9.47 Å². The summed E-state index contributed by atoms with van der Waals surface area (Å²) in [6.45, 7) is 2.56. The van der Waals surface area contributed by atoms with Crippen LogP contribution < -0.4 is 4.74 Å². The van der Waals surface area contributed by atoms with Crippen LogP contribution in [0.2, 0.25) is 0 Å². The summed E-state index contributed by atoms with van der Waals surface area (Å²) in [5, 5.41) is 2.83. The number of aromatic nitrogens is 1. The highest BCUT2D eigenvalue weighted by Gasteiger charge is 2.15. The minimum Gasteiger partial charge on any atom is -0.488 e. The molecule has 3 aromatic carbocycles. The number of para-hydroxylation sites is 1. The van der Waals surface area contributed by atoms with Crippen LogP contribution >= 0.6 is 11.3 Å². The maximum atomic E-state index is 12.6. The highest BCUT2D eigenvalue weighted by atomic mass is 32.1. The summed E-state index contributed by atoms with van der Waals surface area (Å²) >= 11 is 1.54. The fourth-order valence-electron chi connectivity index (χ4n) is 2.92. The highest BCUT2D eigenvalue weighted by molar-refractivity contribution is 7.13. The van der Waals surface area contributed by atoms with Gasteiger partial charge >= 0.3 is 5.97 Å². The van der Waals surface area contributed by atoms with Crippen LogP contribution in [0.4, 0.5) is 0 Å². The van der Waals surface area contributed by atoms with Crippen LogP contribution in [0, 0.1) is 6.92 Å². The second-order valence-corrected chi connectivity index (χ2v) is 7.71. The molecule has 0 saturated carbocycles. The molecule has 0 aliphatic rings. The highest BCUT2D eigenvalue weighted by Crippen LogP contribution is 2.25. The van der Waals surface area contributed by atoms with Crippen molar-refractivity contribution in [3.8, 4) is 16.3 Å². The van der Waals surface area contributed by atoms with Gasteiger partial charge in [0.15, 0.2) is 0 Å². The van der Waals surface area contributed by atoms with Crippen molar-refractivity contribution in [2.75, 3.05) is 0 Å². The first-order valence-electron chi connectivity index (χ1n) is 9.63. The van der Waals surface area contributed by atoms with E-state index in [1.807, 2.05) is 53.9 Å². The molecule has 0 radical (unpaired) electrons. The third-order valence-corrected chi connectivity index (χ3v) is 5.49. The second kappa shape index (κ2) is 9.37. The topological polar surface area (TPSA) is 48.4 Å². The van der Waals surface area contributed by atoms with Gasteiger partial charge in [-0.15, -0.1) is 11.3 Å². The lowest BCUT2D eigenvalue weighted by atomic mass is 10.2. The summed E-state index contributed by atoms with van der Waals surface area (Å²) in [5.41, 5.74) is 4.43. The van der Waals surface area contributed by atoms with E-state index in [2.05, 4.69) is 24.0 Å². The number of esters is 1. The van der Waals surface area contributed by atoms with Gasteiger partial charge in [-0.05, 0) is 24.6 Å². The first-order chi connectivity index (χ1) is 14.7. The van der Waals surface area contributed by atoms with Crippen LogP contribution in [0.3, 0.4) is 0 Å². The molecular formula is C25H21NO3S. The van der Waals surface area contributed by atoms with E-state index in [4.69, 9.17) is 9.47 Å². The Morgan fingerprint density at radius 1 is 0.900 bits per heavy atom. The third-order valence-electron chi connectivity index (χ3n) is 4.55. The van der Waals surface area contributed by atoms with Crippen molar-refractivity contribution in [3.63, 3.8) is 0 Å². The zero-order valence-corrected chi connectivity index (χ0v) is 17.4. The third kappa shape index (κ3) is 4.93. The van der Waals surface area contributed by atoms with Crippen LogP contribution in [0.5, 0.6) is 5.75 Å². The quantitative estimate of drug-likeness (QED) is 0.345. The average molecular weight is 416 g/mol. The van der Waals surface area contributed by atoms with E-state index in [1.165, 1.54) is 16.9 Å². The van der Waals surface area contributed by atoms with Crippen LogP contribution in [-0.2, 0) is 18.0 Å². The molecule has 1 aromatic heterocycles. The van der Waals surface area contributed by atoms with Gasteiger partial charge in [-0.3, -0.25) is 0 Å². The lowest BCUT2D eigenvalue weighted by Gasteiger charge is -2.11. The molecule has 5 heteroatoms. The Morgan fingerprint density at radius 2 is 1.63 bits per heavy atom. The molecule has 4 rings (SSSR count).